The van der Waals surface area contributed by atoms with Gasteiger partial charge in [-0.1, -0.05) is 0 Å². The molecule has 0 bridgehead atoms. The highest BCUT2D eigenvalue weighted by Crippen LogP contribution is 2.35. The molecule has 0 aliphatic carbocycles. The summed E-state index contributed by atoms with van der Waals surface area (Å²) in [7, 11) is 0. The Bertz CT molecular complexity index is 1280. The predicted octanol–water partition coefficient (Wildman–Crippen LogP) is 2.35. The maximum absolute atomic E-state index is 14.9. The van der Waals surface area contributed by atoms with Gasteiger partial charge in [-0.15, -0.1) is 0 Å². The van der Waals surface area contributed by atoms with Gasteiger partial charge in [-0.2, -0.15) is 0 Å². The number of hydrogen-bond acceptors (Lipinski definition) is 5. The molecule has 1 fully saturated rings. The molecule has 2 aromatic carbocycles. The van der Waals surface area contributed by atoms with Gasteiger partial charge in [0, 0.05) is 24.8 Å². The number of carboxylic acids is 1. The summed E-state index contributed by atoms with van der Waals surface area (Å²) in [5, 5.41) is 19.0. The molecule has 30 heavy (non-hydrogen) atoms. The first-order valence-electron chi connectivity index (χ1n) is 9.21. The predicted molar refractivity (Wildman–Crippen MR) is 109 cm³/mol. The summed E-state index contributed by atoms with van der Waals surface area (Å²) in [6.45, 7) is 3.71. The van der Waals surface area contributed by atoms with E-state index in [0.29, 0.717) is 16.8 Å². The lowest BCUT2D eigenvalue weighted by atomic mass is 10.0. The van der Waals surface area contributed by atoms with Crippen LogP contribution in [0.4, 0.5) is 20.2 Å². The molecule has 9 heteroatoms. The van der Waals surface area contributed by atoms with Crippen molar-refractivity contribution in [1.29, 1.82) is 0 Å². The molecule has 1 aromatic heterocycles. The topological polar surface area (TPSA) is 109 Å². The Morgan fingerprint density at radius 2 is 1.83 bits per heavy atom. The van der Waals surface area contributed by atoms with Crippen LogP contribution in [-0.2, 0) is 0 Å². The van der Waals surface area contributed by atoms with Crippen LogP contribution in [0.1, 0.15) is 21.5 Å². The highest BCUT2D eigenvalue weighted by molar-refractivity contribution is 5.96. The van der Waals surface area contributed by atoms with Crippen molar-refractivity contribution in [2.24, 2.45) is 0 Å². The van der Waals surface area contributed by atoms with E-state index in [0.717, 1.165) is 12.3 Å². The van der Waals surface area contributed by atoms with Gasteiger partial charge in [0.1, 0.15) is 17.2 Å². The van der Waals surface area contributed by atoms with Gasteiger partial charge < -0.3 is 25.4 Å². The van der Waals surface area contributed by atoms with Gasteiger partial charge in [0.2, 0.25) is 5.43 Å². The lowest BCUT2D eigenvalue weighted by Crippen LogP contribution is -2.51. The summed E-state index contributed by atoms with van der Waals surface area (Å²) in [4.78, 5) is 26.1. The fraction of sp³-hybridized carbons (Fsp3) is 0.238. The number of β-amino-alcohol motifs (C(OH)–C–C–N with tert-alkyl or cyclic N) is 1. The normalized spacial score (nSPS) is 14.2. The first-order chi connectivity index (χ1) is 14.1. The first-order valence-corrected chi connectivity index (χ1v) is 9.21. The first kappa shape index (κ1) is 19.8. The molecular formula is C21H19F2N3O4. The zero-order valence-electron chi connectivity index (χ0n) is 16.2. The molecule has 3 aromatic rings. The maximum Gasteiger partial charge on any atom is 0.341 e. The minimum absolute atomic E-state index is 0.114. The molecule has 7 nitrogen and oxygen atoms in total. The summed E-state index contributed by atoms with van der Waals surface area (Å²) in [5.74, 6) is -2.78. The molecule has 1 aliphatic rings. The van der Waals surface area contributed by atoms with Crippen LogP contribution >= 0.6 is 0 Å². The molecule has 0 spiro atoms. The molecule has 0 atom stereocenters. The fourth-order valence-corrected chi connectivity index (χ4v) is 3.94. The summed E-state index contributed by atoms with van der Waals surface area (Å²) >= 11 is 0. The number of nitrogens with two attached hydrogens (primary N) is 1. The Hall–Kier alpha value is -3.46. The molecule has 2 heterocycles. The van der Waals surface area contributed by atoms with E-state index in [1.165, 1.54) is 16.7 Å². The number of pyridine rings is 1. The number of fused-ring (bicyclic) bond motifs is 1. The Morgan fingerprint density at radius 3 is 2.43 bits per heavy atom. The molecule has 0 amide bonds. The van der Waals surface area contributed by atoms with Crippen molar-refractivity contribution in [1.82, 2.24) is 4.57 Å². The number of benzene rings is 2. The van der Waals surface area contributed by atoms with Gasteiger partial charge in [-0.25, -0.2) is 13.6 Å². The minimum atomic E-state index is -1.46. The zero-order chi connectivity index (χ0) is 21.9. The number of anilines is 2. The van der Waals surface area contributed by atoms with E-state index in [9.17, 15) is 28.6 Å². The van der Waals surface area contributed by atoms with Crippen molar-refractivity contribution < 1.29 is 23.8 Å². The number of aromatic nitrogens is 1. The van der Waals surface area contributed by atoms with Crippen LogP contribution in [0.15, 0.2) is 29.2 Å². The van der Waals surface area contributed by atoms with Gasteiger partial charge in [-0.3, -0.25) is 4.79 Å². The van der Waals surface area contributed by atoms with Crippen LogP contribution in [0.2, 0.25) is 0 Å². The van der Waals surface area contributed by atoms with Gasteiger partial charge in [-0.05, 0) is 37.6 Å². The monoisotopic (exact) mass is 415 g/mol. The van der Waals surface area contributed by atoms with Crippen molar-refractivity contribution in [3.05, 3.63) is 62.9 Å². The third-order valence-corrected chi connectivity index (χ3v) is 5.43. The van der Waals surface area contributed by atoms with E-state index in [4.69, 9.17) is 5.73 Å². The lowest BCUT2D eigenvalue weighted by molar-refractivity contribution is 0.0695. The van der Waals surface area contributed by atoms with E-state index in [1.807, 2.05) is 0 Å². The number of halogens is 2. The zero-order valence-corrected chi connectivity index (χ0v) is 16.2. The molecule has 0 saturated carbocycles. The van der Waals surface area contributed by atoms with Crippen molar-refractivity contribution in [2.45, 2.75) is 20.0 Å². The van der Waals surface area contributed by atoms with Crippen LogP contribution < -0.4 is 16.1 Å². The maximum atomic E-state index is 14.9. The van der Waals surface area contributed by atoms with Gasteiger partial charge in [0.05, 0.1) is 34.1 Å². The Balaban J connectivity index is 2.14. The van der Waals surface area contributed by atoms with Crippen molar-refractivity contribution in [3.63, 3.8) is 0 Å². The average Bonchev–Trinajstić information content (AvgIpc) is 2.64. The summed E-state index contributed by atoms with van der Waals surface area (Å²) in [6.07, 6.45) is 0.571. The summed E-state index contributed by atoms with van der Waals surface area (Å²) in [5.41, 5.74) is 5.93. The third kappa shape index (κ3) is 2.89. The molecule has 0 radical (unpaired) electrons. The molecule has 1 saturated heterocycles. The average molecular weight is 415 g/mol. The van der Waals surface area contributed by atoms with E-state index >= 15 is 0 Å². The number of aliphatic hydroxyl groups excluding tert-OH is 1. The lowest BCUT2D eigenvalue weighted by Gasteiger charge is -2.39. The van der Waals surface area contributed by atoms with Crippen LogP contribution in [0, 0.1) is 25.5 Å². The van der Waals surface area contributed by atoms with Crippen LogP contribution in [0.5, 0.6) is 0 Å². The smallest absolute Gasteiger partial charge is 0.341 e. The van der Waals surface area contributed by atoms with Gasteiger partial charge >= 0.3 is 5.97 Å². The van der Waals surface area contributed by atoms with E-state index < -0.39 is 34.7 Å². The number of aryl methyl sites for hydroxylation is 2. The molecule has 156 valence electrons. The van der Waals surface area contributed by atoms with Crippen LogP contribution in [0.3, 0.4) is 0 Å². The second-order valence-electron chi connectivity index (χ2n) is 7.49. The number of aromatic carboxylic acids is 1. The molecule has 4 rings (SSSR count). The van der Waals surface area contributed by atoms with E-state index in [2.05, 4.69) is 0 Å². The van der Waals surface area contributed by atoms with Crippen LogP contribution in [0.25, 0.3) is 16.6 Å². The Morgan fingerprint density at radius 1 is 1.17 bits per heavy atom. The summed E-state index contributed by atoms with van der Waals surface area (Å²) in [6, 6.07) is 3.56. The minimum Gasteiger partial charge on any atom is -0.477 e. The number of nitrogens with zero attached hydrogens (tertiary/aromatic N) is 2. The van der Waals surface area contributed by atoms with Crippen LogP contribution in [-0.4, -0.2) is 39.9 Å². The van der Waals surface area contributed by atoms with Crippen molar-refractivity contribution in [2.75, 3.05) is 23.7 Å². The molecular weight excluding hydrogens is 396 g/mol. The largest absolute Gasteiger partial charge is 0.477 e. The van der Waals surface area contributed by atoms with Gasteiger partial charge in [0.15, 0.2) is 0 Å². The second-order valence-corrected chi connectivity index (χ2v) is 7.49. The molecule has 1 aliphatic heterocycles. The number of rotatable bonds is 3. The fourth-order valence-electron chi connectivity index (χ4n) is 3.94. The van der Waals surface area contributed by atoms with Gasteiger partial charge in [0.25, 0.3) is 0 Å². The molecule has 0 unspecified atom stereocenters. The van der Waals surface area contributed by atoms with E-state index in [1.54, 1.807) is 18.7 Å². The number of aliphatic hydroxyl groups is 1. The highest BCUT2D eigenvalue weighted by atomic mass is 19.1. The SMILES string of the molecule is Cc1cc(F)c(N)cc1-n1cc(C(=O)O)c(=O)c2cc(F)c(N3CC(O)C3)c(C)c21. The second kappa shape index (κ2) is 6.81. The molecule has 4 N–H and O–H groups in total. The van der Waals surface area contributed by atoms with Crippen molar-refractivity contribution >= 4 is 28.2 Å². The summed E-state index contributed by atoms with van der Waals surface area (Å²) < 4.78 is 30.3. The standard InChI is InChI=1S/C21H19F2N3O4/c1-9-3-14(22)16(24)5-17(9)26-8-13(21(29)30)20(28)12-4-15(23)19(10(2)18(12)26)25-6-11(27)7-25/h3-5,8,11,27H,6-7,24H2,1-2H3,(H,29,30). The number of carboxylic acid groups (broad SMARTS) is 1. The number of carbonyl (C=O) groups is 1. The quantitative estimate of drug-likeness (QED) is 0.567. The van der Waals surface area contributed by atoms with Crippen molar-refractivity contribution in [3.8, 4) is 5.69 Å². The van der Waals surface area contributed by atoms with E-state index in [-0.39, 0.29) is 35.4 Å². The number of hydrogen-bond donors (Lipinski definition) is 3. The Kier molecular flexibility index (Phi) is 4.50. The third-order valence-electron chi connectivity index (χ3n) is 5.43. The highest BCUT2D eigenvalue weighted by Gasteiger charge is 2.30. The Labute approximate surface area is 169 Å². The number of nitrogen functional groups attached to an aromatic ring is 1.